The van der Waals surface area contributed by atoms with Gasteiger partial charge in [-0.1, -0.05) is 12.5 Å². The Kier molecular flexibility index (Phi) is 6.18. The van der Waals surface area contributed by atoms with Gasteiger partial charge in [0.15, 0.2) is 0 Å². The van der Waals surface area contributed by atoms with Gasteiger partial charge in [0.2, 0.25) is 5.88 Å². The van der Waals surface area contributed by atoms with Gasteiger partial charge in [-0.05, 0) is 57.0 Å². The highest BCUT2D eigenvalue weighted by molar-refractivity contribution is 6.02. The Bertz CT molecular complexity index is 1090. The zero-order chi connectivity index (χ0) is 22.0. The lowest BCUT2D eigenvalue weighted by Crippen LogP contribution is -2.43. The summed E-state index contributed by atoms with van der Waals surface area (Å²) in [5.74, 6) is -1.22. The first kappa shape index (κ1) is 21.2. The maximum atomic E-state index is 14.0. The highest BCUT2D eigenvalue weighted by Gasteiger charge is 2.21. The predicted molar refractivity (Wildman–Crippen MR) is 113 cm³/mol. The number of hydrogen-bond acceptors (Lipinski definition) is 4. The van der Waals surface area contributed by atoms with Crippen molar-refractivity contribution in [3.63, 3.8) is 0 Å². The number of aromatic nitrogens is 2. The highest BCUT2D eigenvalue weighted by Crippen LogP contribution is 2.25. The van der Waals surface area contributed by atoms with Crippen LogP contribution >= 0.6 is 0 Å². The van der Waals surface area contributed by atoms with Gasteiger partial charge in [-0.15, -0.1) is 0 Å². The van der Waals surface area contributed by atoms with E-state index < -0.39 is 11.6 Å². The molecule has 31 heavy (non-hydrogen) atoms. The number of carbonyl (C=O) groups excluding carboxylic acids is 1. The molecule has 2 N–H and O–H groups in total. The third-order valence-electron chi connectivity index (χ3n) is 5.59. The average Bonchev–Trinajstić information content (AvgIpc) is 3.08. The van der Waals surface area contributed by atoms with Crippen molar-refractivity contribution in [1.29, 1.82) is 0 Å². The molecule has 0 bridgehead atoms. The molecule has 0 aliphatic carbocycles. The van der Waals surface area contributed by atoms with Crippen LogP contribution in [0.4, 0.5) is 8.78 Å². The van der Waals surface area contributed by atoms with Crippen molar-refractivity contribution in [3.05, 3.63) is 64.4 Å². The smallest absolute Gasteiger partial charge is 0.255 e. The summed E-state index contributed by atoms with van der Waals surface area (Å²) < 4.78 is 35.2. The number of amides is 1. The number of nitrogens with one attached hydrogen (secondary N) is 2. The predicted octanol–water partition coefficient (Wildman–Crippen LogP) is 3.68. The fourth-order valence-electron chi connectivity index (χ4n) is 3.96. The zero-order valence-electron chi connectivity index (χ0n) is 17.7. The molecule has 1 atom stereocenters. The van der Waals surface area contributed by atoms with Gasteiger partial charge in [0, 0.05) is 18.7 Å². The van der Waals surface area contributed by atoms with Gasteiger partial charge in [-0.2, -0.15) is 9.61 Å². The van der Waals surface area contributed by atoms with Gasteiger partial charge in [0.05, 0.1) is 22.3 Å². The van der Waals surface area contributed by atoms with Crippen LogP contribution in [-0.2, 0) is 6.61 Å². The van der Waals surface area contributed by atoms with Crippen molar-refractivity contribution in [2.24, 2.45) is 0 Å². The van der Waals surface area contributed by atoms with E-state index in [9.17, 15) is 13.6 Å². The van der Waals surface area contributed by atoms with Crippen LogP contribution < -0.4 is 15.4 Å². The van der Waals surface area contributed by atoms with E-state index in [0.29, 0.717) is 29.2 Å². The zero-order valence-corrected chi connectivity index (χ0v) is 17.7. The van der Waals surface area contributed by atoms with Crippen LogP contribution in [0.25, 0.3) is 5.52 Å². The van der Waals surface area contributed by atoms with E-state index in [4.69, 9.17) is 4.74 Å². The number of hydrogen-bond donors (Lipinski definition) is 2. The molecule has 0 saturated carbocycles. The summed E-state index contributed by atoms with van der Waals surface area (Å²) in [5.41, 5.74) is 2.32. The number of aryl methyl sites for hydroxylation is 2. The van der Waals surface area contributed by atoms with Gasteiger partial charge < -0.3 is 15.4 Å². The van der Waals surface area contributed by atoms with E-state index in [1.807, 2.05) is 13.0 Å². The topological polar surface area (TPSA) is 67.7 Å². The molecular formula is C23H26F2N4O2. The Balaban J connectivity index is 1.58. The van der Waals surface area contributed by atoms with Crippen molar-refractivity contribution >= 4 is 11.4 Å². The molecule has 3 heterocycles. The Morgan fingerprint density at radius 1 is 1.26 bits per heavy atom. The van der Waals surface area contributed by atoms with E-state index in [-0.39, 0.29) is 24.1 Å². The molecule has 1 aliphatic heterocycles. The molecular weight excluding hydrogens is 402 g/mol. The maximum Gasteiger partial charge on any atom is 0.255 e. The van der Waals surface area contributed by atoms with Crippen LogP contribution in [0.15, 0.2) is 30.3 Å². The molecule has 4 rings (SSSR count). The molecule has 164 valence electrons. The quantitative estimate of drug-likeness (QED) is 0.629. The van der Waals surface area contributed by atoms with Gasteiger partial charge in [0.25, 0.3) is 5.91 Å². The lowest BCUT2D eigenvalue weighted by molar-refractivity contribution is 0.0949. The maximum absolute atomic E-state index is 14.0. The number of piperidine rings is 1. The highest BCUT2D eigenvalue weighted by atomic mass is 19.1. The third-order valence-corrected chi connectivity index (χ3v) is 5.59. The third kappa shape index (κ3) is 4.54. The molecule has 1 aliphatic rings. The minimum absolute atomic E-state index is 0.154. The number of fused-ring (bicyclic) bond motifs is 1. The van der Waals surface area contributed by atoms with E-state index in [1.54, 1.807) is 13.0 Å². The van der Waals surface area contributed by atoms with Crippen LogP contribution in [0.1, 0.15) is 46.4 Å². The standard InChI is InChI=1S/C23H26F2N4O2/c1-14-10-20-22(23(30)27-12-16-6-3-4-9-26-16)15(2)28-29(20)21(11-14)31-13-17-18(24)7-5-8-19(17)25/h5,7-8,10-11,16,26H,3-4,6,9,12-13H2,1-2H3,(H,27,30)/t16-/m0/s1. The molecule has 2 aromatic heterocycles. The number of pyridine rings is 1. The van der Waals surface area contributed by atoms with Crippen molar-refractivity contribution in [3.8, 4) is 5.88 Å². The first-order valence-electron chi connectivity index (χ1n) is 10.5. The SMILES string of the molecule is Cc1cc(OCc2c(F)cccc2F)n2nc(C)c(C(=O)NC[C@@H]3CCCCN3)c2c1. The number of ether oxygens (including phenoxy) is 1. The minimum Gasteiger partial charge on any atom is -0.473 e. The number of rotatable bonds is 6. The van der Waals surface area contributed by atoms with Crippen molar-refractivity contribution in [2.45, 2.75) is 45.8 Å². The molecule has 1 amide bonds. The molecule has 6 nitrogen and oxygen atoms in total. The van der Waals surface area contributed by atoms with Crippen LogP contribution in [0.3, 0.4) is 0 Å². The number of carbonyl (C=O) groups is 1. The second-order valence-corrected chi connectivity index (χ2v) is 7.97. The summed E-state index contributed by atoms with van der Waals surface area (Å²) in [4.78, 5) is 12.9. The van der Waals surface area contributed by atoms with Crippen molar-refractivity contribution in [1.82, 2.24) is 20.2 Å². The summed E-state index contributed by atoms with van der Waals surface area (Å²) in [6.07, 6.45) is 3.36. The molecule has 0 unspecified atom stereocenters. The fourth-order valence-corrected chi connectivity index (χ4v) is 3.96. The lowest BCUT2D eigenvalue weighted by Gasteiger charge is -2.23. The van der Waals surface area contributed by atoms with Crippen molar-refractivity contribution in [2.75, 3.05) is 13.1 Å². The Hall–Kier alpha value is -3.00. The van der Waals surface area contributed by atoms with Crippen molar-refractivity contribution < 1.29 is 18.3 Å². The molecule has 1 fully saturated rings. The van der Waals surface area contributed by atoms with E-state index in [0.717, 1.165) is 31.4 Å². The molecule has 1 aromatic carbocycles. The molecule has 8 heteroatoms. The first-order chi connectivity index (χ1) is 14.9. The minimum atomic E-state index is -0.670. The summed E-state index contributed by atoms with van der Waals surface area (Å²) in [6, 6.07) is 7.54. The number of benzene rings is 1. The lowest BCUT2D eigenvalue weighted by atomic mass is 10.0. The summed E-state index contributed by atoms with van der Waals surface area (Å²) in [6.45, 7) is 4.86. The largest absolute Gasteiger partial charge is 0.473 e. The fraction of sp³-hybridized carbons (Fsp3) is 0.391. The Morgan fingerprint density at radius 2 is 2.03 bits per heavy atom. The number of halogens is 2. The summed E-state index contributed by atoms with van der Waals surface area (Å²) in [5, 5.41) is 10.9. The normalized spacial score (nSPS) is 16.5. The first-order valence-corrected chi connectivity index (χ1v) is 10.5. The molecule has 3 aromatic rings. The van der Waals surface area contributed by atoms with Gasteiger partial charge in [-0.25, -0.2) is 8.78 Å². The van der Waals surface area contributed by atoms with E-state index in [2.05, 4.69) is 15.7 Å². The second kappa shape index (κ2) is 9.01. The van der Waals surface area contributed by atoms with Gasteiger partial charge in [0.1, 0.15) is 18.2 Å². The molecule has 1 saturated heterocycles. The Morgan fingerprint density at radius 3 is 2.74 bits per heavy atom. The summed E-state index contributed by atoms with van der Waals surface area (Å²) >= 11 is 0. The van der Waals surface area contributed by atoms with Crippen LogP contribution in [0.5, 0.6) is 5.88 Å². The monoisotopic (exact) mass is 428 g/mol. The summed E-state index contributed by atoms with van der Waals surface area (Å²) in [7, 11) is 0. The van der Waals surface area contributed by atoms with Gasteiger partial charge >= 0.3 is 0 Å². The van der Waals surface area contributed by atoms with E-state index >= 15 is 0 Å². The number of nitrogens with zero attached hydrogens (tertiary/aromatic N) is 2. The molecule has 0 spiro atoms. The van der Waals surface area contributed by atoms with E-state index in [1.165, 1.54) is 22.7 Å². The molecule has 0 radical (unpaired) electrons. The van der Waals surface area contributed by atoms with Crippen LogP contribution in [-0.4, -0.2) is 34.7 Å². The average molecular weight is 428 g/mol. The second-order valence-electron chi connectivity index (χ2n) is 7.97. The Labute approximate surface area is 179 Å². The van der Waals surface area contributed by atoms with Gasteiger partial charge in [-0.3, -0.25) is 4.79 Å². The van der Waals surface area contributed by atoms with Crippen LogP contribution in [0, 0.1) is 25.5 Å². The van der Waals surface area contributed by atoms with Crippen LogP contribution in [0.2, 0.25) is 0 Å².